The van der Waals surface area contributed by atoms with Gasteiger partial charge in [0.2, 0.25) is 0 Å². The summed E-state index contributed by atoms with van der Waals surface area (Å²) in [6.07, 6.45) is -1.10. The average Bonchev–Trinajstić information content (AvgIpc) is 2.07. The number of hydrogen-bond acceptors (Lipinski definition) is 2. The lowest BCUT2D eigenvalue weighted by Crippen LogP contribution is -2.00. The van der Waals surface area contributed by atoms with Crippen molar-refractivity contribution in [3.8, 4) is 5.75 Å². The Morgan fingerprint density at radius 2 is 2.15 bits per heavy atom. The molecule has 1 rings (SSSR count). The number of aromatic nitrogens is 1. The van der Waals surface area contributed by atoms with Crippen molar-refractivity contribution in [1.29, 1.82) is 0 Å². The first-order valence-corrected chi connectivity index (χ1v) is 4.63. The highest BCUT2D eigenvalue weighted by atomic mass is 127. The summed E-state index contributed by atoms with van der Waals surface area (Å²) >= 11 is 1.87. The van der Waals surface area contributed by atoms with Crippen LogP contribution in [-0.4, -0.2) is 12.1 Å². The molecule has 0 unspecified atom stereocenters. The predicted molar refractivity (Wildman–Crippen MR) is 53.2 cm³/mol. The van der Waals surface area contributed by atoms with E-state index in [9.17, 15) is 8.78 Å². The summed E-state index contributed by atoms with van der Waals surface area (Å²) < 4.78 is 30.4. The van der Waals surface area contributed by atoms with Crippen LogP contribution in [0, 0.1) is 10.6 Å². The number of rotatable bonds is 2. The van der Waals surface area contributed by atoms with Gasteiger partial charge in [-0.05, 0) is 35.1 Å². The highest BCUT2D eigenvalue weighted by Crippen LogP contribution is 2.33. The molecule has 0 spiro atoms. The maximum Gasteiger partial charge on any atom is 0.267 e. The van der Waals surface area contributed by atoms with Crippen molar-refractivity contribution in [3.63, 3.8) is 0 Å². The van der Waals surface area contributed by atoms with Gasteiger partial charge in [0.1, 0.15) is 3.70 Å². The van der Waals surface area contributed by atoms with Crippen LogP contribution in [0.2, 0.25) is 0 Å². The third-order valence-corrected chi connectivity index (χ3v) is 2.42. The van der Waals surface area contributed by atoms with Crippen molar-refractivity contribution in [1.82, 2.24) is 4.98 Å². The fraction of sp³-hybridized carbons (Fsp3) is 0.375. The summed E-state index contributed by atoms with van der Waals surface area (Å²) in [6, 6.07) is 0. The number of halogens is 3. The van der Waals surface area contributed by atoms with E-state index in [0.29, 0.717) is 9.26 Å². The van der Waals surface area contributed by atoms with Crippen molar-refractivity contribution in [3.05, 3.63) is 21.0 Å². The quantitative estimate of drug-likeness (QED) is 0.619. The largest absolute Gasteiger partial charge is 0.493 e. The van der Waals surface area contributed by atoms with Gasteiger partial charge >= 0.3 is 0 Å². The number of aryl methyl sites for hydroxylation is 1. The van der Waals surface area contributed by atoms with Gasteiger partial charge in [-0.3, -0.25) is 0 Å². The van der Waals surface area contributed by atoms with E-state index in [4.69, 9.17) is 4.74 Å². The van der Waals surface area contributed by atoms with Gasteiger partial charge in [0.25, 0.3) is 6.43 Å². The van der Waals surface area contributed by atoms with E-state index in [2.05, 4.69) is 4.98 Å². The third kappa shape index (κ3) is 2.07. The van der Waals surface area contributed by atoms with Crippen molar-refractivity contribution < 1.29 is 13.5 Å². The van der Waals surface area contributed by atoms with E-state index in [1.54, 1.807) is 6.92 Å². The number of hydrogen-bond donors (Lipinski definition) is 0. The smallest absolute Gasteiger partial charge is 0.267 e. The fourth-order valence-electron chi connectivity index (χ4n) is 1.04. The minimum atomic E-state index is -2.52. The maximum absolute atomic E-state index is 12.5. The van der Waals surface area contributed by atoms with Crippen LogP contribution >= 0.6 is 22.6 Å². The van der Waals surface area contributed by atoms with Gasteiger partial charge in [-0.15, -0.1) is 0 Å². The monoisotopic (exact) mass is 299 g/mol. The molecule has 0 bridgehead atoms. The molecule has 0 aromatic carbocycles. The molecule has 0 N–H and O–H groups in total. The molecule has 0 fully saturated rings. The minimum absolute atomic E-state index is 0.0677. The lowest BCUT2D eigenvalue weighted by atomic mass is 10.1. The second-order valence-corrected chi connectivity index (χ2v) is 3.50. The molecule has 0 radical (unpaired) electrons. The van der Waals surface area contributed by atoms with Crippen molar-refractivity contribution in [2.45, 2.75) is 13.3 Å². The Kier molecular flexibility index (Phi) is 3.40. The molecule has 72 valence electrons. The number of ether oxygens (including phenoxy) is 1. The van der Waals surface area contributed by atoms with Crippen LogP contribution in [-0.2, 0) is 0 Å². The molecule has 1 heterocycles. The molecule has 0 aliphatic heterocycles. The average molecular weight is 299 g/mol. The summed E-state index contributed by atoms with van der Waals surface area (Å²) in [7, 11) is 1.37. The van der Waals surface area contributed by atoms with Crippen LogP contribution in [0.25, 0.3) is 0 Å². The van der Waals surface area contributed by atoms with Crippen molar-refractivity contribution in [2.75, 3.05) is 7.11 Å². The lowest BCUT2D eigenvalue weighted by molar-refractivity contribution is 0.146. The second kappa shape index (κ2) is 4.17. The van der Waals surface area contributed by atoms with Crippen LogP contribution in [0.4, 0.5) is 8.78 Å². The Bertz CT molecular complexity index is 317. The number of alkyl halides is 2. The van der Waals surface area contributed by atoms with Crippen molar-refractivity contribution >= 4 is 22.6 Å². The third-order valence-electron chi connectivity index (χ3n) is 1.65. The van der Waals surface area contributed by atoms with Crippen LogP contribution in [0.15, 0.2) is 6.20 Å². The van der Waals surface area contributed by atoms with Gasteiger partial charge in [0, 0.05) is 6.20 Å². The minimum Gasteiger partial charge on any atom is -0.493 e. The van der Waals surface area contributed by atoms with Crippen LogP contribution < -0.4 is 4.74 Å². The number of methoxy groups -OCH3 is 1. The topological polar surface area (TPSA) is 22.1 Å². The Hall–Kier alpha value is -0.460. The molecule has 2 nitrogen and oxygen atoms in total. The zero-order valence-electron chi connectivity index (χ0n) is 7.14. The summed E-state index contributed by atoms with van der Waals surface area (Å²) in [5.74, 6) is 0.176. The van der Waals surface area contributed by atoms with Crippen LogP contribution in [0.5, 0.6) is 5.75 Å². The first-order chi connectivity index (χ1) is 6.07. The highest BCUT2D eigenvalue weighted by Gasteiger charge is 2.19. The zero-order valence-corrected chi connectivity index (χ0v) is 9.30. The molecule has 13 heavy (non-hydrogen) atoms. The summed E-state index contributed by atoms with van der Waals surface area (Å²) in [5, 5.41) is 0. The summed E-state index contributed by atoms with van der Waals surface area (Å²) in [6.45, 7) is 1.59. The number of pyridine rings is 1. The molecule has 0 aliphatic carbocycles. The first kappa shape index (κ1) is 10.6. The molecular formula is C8H8F2INO. The normalized spacial score (nSPS) is 10.6. The predicted octanol–water partition coefficient (Wildman–Crippen LogP) is 2.94. The summed E-state index contributed by atoms with van der Waals surface area (Å²) in [5.41, 5.74) is 0.383. The molecule has 1 aromatic rings. The molecule has 0 atom stereocenters. The van der Waals surface area contributed by atoms with Gasteiger partial charge in [-0.2, -0.15) is 0 Å². The SMILES string of the molecule is COc1c(I)ncc(C)c1C(F)F. The Morgan fingerprint density at radius 3 is 2.54 bits per heavy atom. The van der Waals surface area contributed by atoms with E-state index in [-0.39, 0.29) is 11.3 Å². The molecule has 0 saturated carbocycles. The van der Waals surface area contributed by atoms with Gasteiger partial charge in [0.15, 0.2) is 5.75 Å². The van der Waals surface area contributed by atoms with Crippen LogP contribution in [0.3, 0.4) is 0 Å². The van der Waals surface area contributed by atoms with E-state index >= 15 is 0 Å². The zero-order chi connectivity index (χ0) is 10.0. The van der Waals surface area contributed by atoms with E-state index in [1.165, 1.54) is 13.3 Å². The first-order valence-electron chi connectivity index (χ1n) is 3.55. The fourth-order valence-corrected chi connectivity index (χ4v) is 1.69. The Morgan fingerprint density at radius 1 is 1.54 bits per heavy atom. The van der Waals surface area contributed by atoms with Gasteiger partial charge < -0.3 is 4.74 Å². The second-order valence-electron chi connectivity index (χ2n) is 2.48. The Balaban J connectivity index is 3.35. The molecule has 0 amide bonds. The summed E-state index contributed by atoms with van der Waals surface area (Å²) in [4.78, 5) is 3.92. The number of nitrogens with zero attached hydrogens (tertiary/aromatic N) is 1. The van der Waals surface area contributed by atoms with E-state index < -0.39 is 6.43 Å². The molecular weight excluding hydrogens is 291 g/mol. The van der Waals surface area contributed by atoms with Gasteiger partial charge in [-0.1, -0.05) is 0 Å². The van der Waals surface area contributed by atoms with Crippen molar-refractivity contribution in [2.24, 2.45) is 0 Å². The lowest BCUT2D eigenvalue weighted by Gasteiger charge is -2.11. The van der Waals surface area contributed by atoms with Gasteiger partial charge in [0.05, 0.1) is 12.7 Å². The highest BCUT2D eigenvalue weighted by molar-refractivity contribution is 14.1. The van der Waals surface area contributed by atoms with E-state index in [0.717, 1.165) is 0 Å². The molecule has 5 heteroatoms. The Labute approximate surface area is 88.5 Å². The standard InChI is InChI=1S/C8H8F2INO/c1-4-3-12-8(11)6(13-2)5(4)7(9)10/h3,7H,1-2H3. The van der Waals surface area contributed by atoms with Crippen LogP contribution in [0.1, 0.15) is 17.6 Å². The molecule has 0 aliphatic rings. The maximum atomic E-state index is 12.5. The van der Waals surface area contributed by atoms with E-state index in [1.807, 2.05) is 22.6 Å². The molecule has 0 saturated heterocycles. The molecule has 1 aromatic heterocycles. The van der Waals surface area contributed by atoms with Gasteiger partial charge in [-0.25, -0.2) is 13.8 Å².